The van der Waals surface area contributed by atoms with Crippen molar-refractivity contribution in [2.45, 2.75) is 38.1 Å². The van der Waals surface area contributed by atoms with E-state index in [-0.39, 0.29) is 11.9 Å². The van der Waals surface area contributed by atoms with Crippen molar-refractivity contribution in [1.82, 2.24) is 0 Å². The molecule has 0 aromatic heterocycles. The maximum Gasteiger partial charge on any atom is 0.124 e. The minimum atomic E-state index is -0.289. The van der Waals surface area contributed by atoms with Crippen LogP contribution in [0.4, 0.5) is 4.39 Å². The second kappa shape index (κ2) is 5.15. The lowest BCUT2D eigenvalue weighted by atomic mass is 9.93. The van der Waals surface area contributed by atoms with Gasteiger partial charge in [-0.25, -0.2) is 4.39 Å². The fourth-order valence-corrected chi connectivity index (χ4v) is 2.74. The zero-order chi connectivity index (χ0) is 11.5. The molecule has 1 aliphatic carbocycles. The molecule has 1 aromatic carbocycles. The van der Waals surface area contributed by atoms with Crippen molar-refractivity contribution in [3.8, 4) is 0 Å². The molecule has 1 nitrogen and oxygen atoms in total. The van der Waals surface area contributed by atoms with Gasteiger partial charge in [-0.15, -0.1) is 0 Å². The van der Waals surface area contributed by atoms with Crippen molar-refractivity contribution in [3.63, 3.8) is 0 Å². The van der Waals surface area contributed by atoms with Gasteiger partial charge in [0.15, 0.2) is 0 Å². The maximum atomic E-state index is 12.9. The smallest absolute Gasteiger partial charge is 0.124 e. The number of nitrogens with two attached hydrogens (primary N) is 1. The van der Waals surface area contributed by atoms with Gasteiger partial charge >= 0.3 is 0 Å². The summed E-state index contributed by atoms with van der Waals surface area (Å²) in [5, 5.41) is 0.494. The summed E-state index contributed by atoms with van der Waals surface area (Å²) in [5.74, 6) is 0.323. The maximum absolute atomic E-state index is 12.9. The van der Waals surface area contributed by atoms with Crippen LogP contribution in [0, 0.1) is 11.7 Å². The number of halogens is 2. The summed E-state index contributed by atoms with van der Waals surface area (Å²) in [5.41, 5.74) is 7.13. The SMILES string of the molecule is NC(Cc1ccc(F)cc1Cl)C1CCCC1. The Labute approximate surface area is 101 Å². The molecule has 88 valence electrons. The van der Waals surface area contributed by atoms with E-state index in [1.54, 1.807) is 6.07 Å². The summed E-state index contributed by atoms with van der Waals surface area (Å²) < 4.78 is 12.9. The highest BCUT2D eigenvalue weighted by Gasteiger charge is 2.22. The molecule has 2 N–H and O–H groups in total. The minimum Gasteiger partial charge on any atom is -0.327 e. The van der Waals surface area contributed by atoms with Crippen molar-refractivity contribution < 1.29 is 4.39 Å². The number of hydrogen-bond acceptors (Lipinski definition) is 1. The topological polar surface area (TPSA) is 26.0 Å². The number of hydrogen-bond donors (Lipinski definition) is 1. The molecule has 0 bridgehead atoms. The molecule has 1 unspecified atom stereocenters. The van der Waals surface area contributed by atoms with Gasteiger partial charge in [0.2, 0.25) is 0 Å². The van der Waals surface area contributed by atoms with Gasteiger partial charge in [0.1, 0.15) is 5.82 Å². The zero-order valence-electron chi connectivity index (χ0n) is 9.26. The molecule has 1 saturated carbocycles. The molecule has 0 heterocycles. The Morgan fingerprint density at radius 2 is 2.06 bits per heavy atom. The van der Waals surface area contributed by atoms with E-state index in [4.69, 9.17) is 17.3 Å². The van der Waals surface area contributed by atoms with Gasteiger partial charge in [-0.2, -0.15) is 0 Å². The van der Waals surface area contributed by atoms with Crippen molar-refractivity contribution in [2.75, 3.05) is 0 Å². The van der Waals surface area contributed by atoms with Gasteiger partial charge < -0.3 is 5.73 Å². The highest BCUT2D eigenvalue weighted by molar-refractivity contribution is 6.31. The van der Waals surface area contributed by atoms with Crippen molar-refractivity contribution >= 4 is 11.6 Å². The van der Waals surface area contributed by atoms with Crippen LogP contribution < -0.4 is 5.73 Å². The molecule has 0 amide bonds. The van der Waals surface area contributed by atoms with Gasteiger partial charge in [0.25, 0.3) is 0 Å². The summed E-state index contributed by atoms with van der Waals surface area (Å²) in [6, 6.07) is 4.71. The van der Waals surface area contributed by atoms with Crippen LogP contribution in [0.25, 0.3) is 0 Å². The molecule has 3 heteroatoms. The van der Waals surface area contributed by atoms with Crippen molar-refractivity contribution in [3.05, 3.63) is 34.6 Å². The first kappa shape index (κ1) is 11.9. The predicted molar refractivity (Wildman–Crippen MR) is 65.0 cm³/mol. The summed E-state index contributed by atoms with van der Waals surface area (Å²) >= 11 is 5.98. The fraction of sp³-hybridized carbons (Fsp3) is 0.538. The van der Waals surface area contributed by atoms with Crippen LogP contribution in [0.1, 0.15) is 31.2 Å². The largest absolute Gasteiger partial charge is 0.327 e. The first-order valence-electron chi connectivity index (χ1n) is 5.86. The summed E-state index contributed by atoms with van der Waals surface area (Å²) in [7, 11) is 0. The van der Waals surface area contributed by atoms with E-state index in [9.17, 15) is 4.39 Å². The van der Waals surface area contributed by atoms with E-state index >= 15 is 0 Å². The van der Waals surface area contributed by atoms with E-state index < -0.39 is 0 Å². The lowest BCUT2D eigenvalue weighted by Gasteiger charge is -2.19. The van der Waals surface area contributed by atoms with Crippen LogP contribution in [0.3, 0.4) is 0 Å². The highest BCUT2D eigenvalue weighted by Crippen LogP contribution is 2.29. The van der Waals surface area contributed by atoms with Crippen molar-refractivity contribution in [1.29, 1.82) is 0 Å². The molecule has 1 fully saturated rings. The zero-order valence-corrected chi connectivity index (χ0v) is 10.0. The van der Waals surface area contributed by atoms with E-state index in [1.807, 2.05) is 0 Å². The van der Waals surface area contributed by atoms with Crippen LogP contribution >= 0.6 is 11.6 Å². The van der Waals surface area contributed by atoms with E-state index in [0.717, 1.165) is 12.0 Å². The third-order valence-electron chi connectivity index (χ3n) is 3.48. The van der Waals surface area contributed by atoms with Gasteiger partial charge in [-0.05, 0) is 42.9 Å². The molecule has 16 heavy (non-hydrogen) atoms. The Hall–Kier alpha value is -0.600. The van der Waals surface area contributed by atoms with Crippen LogP contribution in [0.15, 0.2) is 18.2 Å². The van der Waals surface area contributed by atoms with Crippen LogP contribution in [-0.4, -0.2) is 6.04 Å². The predicted octanol–water partition coefficient (Wildman–Crippen LogP) is 3.54. The summed E-state index contributed by atoms with van der Waals surface area (Å²) in [6.45, 7) is 0. The second-order valence-electron chi connectivity index (χ2n) is 4.65. The third kappa shape index (κ3) is 2.74. The van der Waals surface area contributed by atoms with Crippen molar-refractivity contribution in [2.24, 2.45) is 11.7 Å². The van der Waals surface area contributed by atoms with E-state index in [2.05, 4.69) is 0 Å². The molecule has 1 aromatic rings. The highest BCUT2D eigenvalue weighted by atomic mass is 35.5. The Morgan fingerprint density at radius 1 is 1.38 bits per heavy atom. The lowest BCUT2D eigenvalue weighted by molar-refractivity contribution is 0.429. The molecule has 1 aliphatic rings. The fourth-order valence-electron chi connectivity index (χ4n) is 2.49. The van der Waals surface area contributed by atoms with E-state index in [1.165, 1.54) is 37.8 Å². The van der Waals surface area contributed by atoms with E-state index in [0.29, 0.717) is 10.9 Å². The summed E-state index contributed by atoms with van der Waals surface area (Å²) in [4.78, 5) is 0. The second-order valence-corrected chi connectivity index (χ2v) is 5.06. The molecule has 0 aliphatic heterocycles. The monoisotopic (exact) mass is 241 g/mol. The van der Waals surface area contributed by atoms with Gasteiger partial charge in [0, 0.05) is 11.1 Å². The first-order valence-corrected chi connectivity index (χ1v) is 6.24. The first-order chi connectivity index (χ1) is 7.66. The Morgan fingerprint density at radius 3 is 2.69 bits per heavy atom. The molecule has 2 rings (SSSR count). The number of rotatable bonds is 3. The quantitative estimate of drug-likeness (QED) is 0.861. The normalized spacial score (nSPS) is 18.9. The van der Waals surface area contributed by atoms with Crippen LogP contribution in [-0.2, 0) is 6.42 Å². The molecule has 0 spiro atoms. The molecule has 1 atom stereocenters. The van der Waals surface area contributed by atoms with Gasteiger partial charge in [0.05, 0.1) is 0 Å². The summed E-state index contributed by atoms with van der Waals surface area (Å²) in [6.07, 6.45) is 5.77. The van der Waals surface area contributed by atoms with Gasteiger partial charge in [-0.3, -0.25) is 0 Å². The Bertz CT molecular complexity index is 361. The molecular weight excluding hydrogens is 225 g/mol. The minimum absolute atomic E-state index is 0.158. The lowest BCUT2D eigenvalue weighted by Crippen LogP contribution is -2.30. The van der Waals surface area contributed by atoms with Gasteiger partial charge in [-0.1, -0.05) is 30.5 Å². The average molecular weight is 242 g/mol. The average Bonchev–Trinajstić information content (AvgIpc) is 2.75. The molecule has 0 radical (unpaired) electrons. The standard InChI is InChI=1S/C13H17ClFN/c14-12-8-11(15)6-5-10(12)7-13(16)9-3-1-2-4-9/h5-6,8-9,13H,1-4,7,16H2. The Balaban J connectivity index is 2.02. The van der Waals surface area contributed by atoms with Crippen LogP contribution in [0.5, 0.6) is 0 Å². The van der Waals surface area contributed by atoms with Crippen LogP contribution in [0.2, 0.25) is 5.02 Å². The molecule has 0 saturated heterocycles. The third-order valence-corrected chi connectivity index (χ3v) is 3.83. The Kier molecular flexibility index (Phi) is 3.82. The molecular formula is C13H17ClFN. The number of benzene rings is 1.